The highest BCUT2D eigenvalue weighted by Gasteiger charge is 2.23. The minimum absolute atomic E-state index is 0.00419. The van der Waals surface area contributed by atoms with E-state index < -0.39 is 20.0 Å². The van der Waals surface area contributed by atoms with Crippen molar-refractivity contribution >= 4 is 13.7 Å². The van der Waals surface area contributed by atoms with Crippen LogP contribution in [0.5, 0.6) is 0 Å². The largest absolute Gasteiger partial charge is 0.756 e. The number of aliphatic hydroxyl groups excluding tert-OH is 1. The molecule has 0 aromatic rings. The molecular formula is C46H91N2O6P. The number of nitrogens with zero attached hydrogens (tertiary/aromatic N) is 1. The summed E-state index contributed by atoms with van der Waals surface area (Å²) in [4.78, 5) is 25.3. The second kappa shape index (κ2) is 38.5. The Kier molecular flexibility index (Phi) is 37.8. The molecule has 326 valence electrons. The van der Waals surface area contributed by atoms with Crippen LogP contribution in [0.1, 0.15) is 213 Å². The second-order valence-electron chi connectivity index (χ2n) is 17.1. The summed E-state index contributed by atoms with van der Waals surface area (Å²) in [5.41, 5.74) is 0. The number of carbonyl (C=O) groups is 1. The Morgan fingerprint density at radius 1 is 0.618 bits per heavy atom. The lowest BCUT2D eigenvalue weighted by Gasteiger charge is -2.29. The molecule has 0 rings (SSSR count). The van der Waals surface area contributed by atoms with Crippen LogP contribution < -0.4 is 10.2 Å². The fourth-order valence-corrected chi connectivity index (χ4v) is 7.42. The third-order valence-electron chi connectivity index (χ3n) is 10.4. The van der Waals surface area contributed by atoms with Crippen LogP contribution in [0.2, 0.25) is 0 Å². The summed E-state index contributed by atoms with van der Waals surface area (Å²) in [7, 11) is 1.25. The fraction of sp³-hybridized carbons (Fsp3) is 0.891. The zero-order valence-corrected chi connectivity index (χ0v) is 37.8. The molecule has 2 N–H and O–H groups in total. The number of phosphoric ester groups is 1. The molecule has 0 radical (unpaired) electrons. The number of hydrogen-bond acceptors (Lipinski definition) is 6. The minimum atomic E-state index is -4.59. The number of hydrogen-bond donors (Lipinski definition) is 2. The molecule has 3 atom stereocenters. The Morgan fingerprint density at radius 3 is 1.47 bits per heavy atom. The van der Waals surface area contributed by atoms with E-state index >= 15 is 0 Å². The maximum absolute atomic E-state index is 12.8. The van der Waals surface area contributed by atoms with E-state index in [1.54, 1.807) is 6.08 Å². The van der Waals surface area contributed by atoms with E-state index in [1.807, 2.05) is 27.2 Å². The lowest BCUT2D eigenvalue weighted by atomic mass is 10.0. The van der Waals surface area contributed by atoms with Crippen molar-refractivity contribution in [3.05, 3.63) is 24.3 Å². The van der Waals surface area contributed by atoms with Crippen LogP contribution in [0.4, 0.5) is 0 Å². The minimum Gasteiger partial charge on any atom is -0.756 e. The van der Waals surface area contributed by atoms with Crippen molar-refractivity contribution in [1.29, 1.82) is 0 Å². The van der Waals surface area contributed by atoms with Gasteiger partial charge in [-0.15, -0.1) is 0 Å². The summed E-state index contributed by atoms with van der Waals surface area (Å²) in [5.74, 6) is -0.205. The number of rotatable bonds is 42. The molecule has 0 aliphatic heterocycles. The number of nitrogens with one attached hydrogen (secondary N) is 1. The highest BCUT2D eigenvalue weighted by Crippen LogP contribution is 2.38. The van der Waals surface area contributed by atoms with E-state index in [-0.39, 0.29) is 19.1 Å². The van der Waals surface area contributed by atoms with Crippen LogP contribution >= 0.6 is 7.82 Å². The molecule has 55 heavy (non-hydrogen) atoms. The van der Waals surface area contributed by atoms with Crippen LogP contribution in [-0.2, 0) is 18.4 Å². The highest BCUT2D eigenvalue weighted by atomic mass is 31.2. The van der Waals surface area contributed by atoms with Crippen LogP contribution in [0.15, 0.2) is 24.3 Å². The molecule has 0 fully saturated rings. The van der Waals surface area contributed by atoms with Crippen molar-refractivity contribution < 1.29 is 32.9 Å². The first kappa shape index (κ1) is 54.0. The molecule has 0 saturated carbocycles. The molecule has 8 nitrogen and oxygen atoms in total. The van der Waals surface area contributed by atoms with Gasteiger partial charge in [0.25, 0.3) is 7.82 Å². The van der Waals surface area contributed by atoms with E-state index in [4.69, 9.17) is 9.05 Å². The Hall–Kier alpha value is -1.02. The number of aliphatic hydroxyl groups is 1. The van der Waals surface area contributed by atoms with Gasteiger partial charge in [-0.3, -0.25) is 9.36 Å². The quantitative estimate of drug-likeness (QED) is 0.0276. The molecule has 0 aromatic carbocycles. The van der Waals surface area contributed by atoms with Crippen molar-refractivity contribution in [3.63, 3.8) is 0 Å². The van der Waals surface area contributed by atoms with Gasteiger partial charge in [0.2, 0.25) is 5.91 Å². The number of unbranched alkanes of at least 4 members (excludes halogenated alkanes) is 27. The Bertz CT molecular complexity index is 953. The first-order chi connectivity index (χ1) is 26.5. The van der Waals surface area contributed by atoms with Crippen LogP contribution in [0.25, 0.3) is 0 Å². The zero-order valence-electron chi connectivity index (χ0n) is 36.9. The average Bonchev–Trinajstić information content (AvgIpc) is 3.13. The molecular weight excluding hydrogens is 707 g/mol. The maximum Gasteiger partial charge on any atom is 0.268 e. The topological polar surface area (TPSA) is 108 Å². The molecule has 0 aliphatic rings. The summed E-state index contributed by atoms with van der Waals surface area (Å²) < 4.78 is 23.2. The smallest absolute Gasteiger partial charge is 0.268 e. The van der Waals surface area contributed by atoms with Gasteiger partial charge in [-0.25, -0.2) is 0 Å². The molecule has 0 bridgehead atoms. The van der Waals surface area contributed by atoms with Crippen molar-refractivity contribution in [1.82, 2.24) is 5.32 Å². The van der Waals surface area contributed by atoms with Gasteiger partial charge in [0.1, 0.15) is 13.2 Å². The van der Waals surface area contributed by atoms with Crippen LogP contribution in [0.3, 0.4) is 0 Å². The number of amides is 1. The maximum atomic E-state index is 12.8. The van der Waals surface area contributed by atoms with Gasteiger partial charge in [-0.2, -0.15) is 0 Å². The number of phosphoric acid groups is 1. The van der Waals surface area contributed by atoms with Gasteiger partial charge in [-0.1, -0.05) is 199 Å². The van der Waals surface area contributed by atoms with Gasteiger partial charge >= 0.3 is 0 Å². The van der Waals surface area contributed by atoms with Gasteiger partial charge in [-0.05, 0) is 32.1 Å². The summed E-state index contributed by atoms with van der Waals surface area (Å²) in [6, 6.07) is -0.898. The average molecular weight is 799 g/mol. The van der Waals surface area contributed by atoms with Crippen molar-refractivity contribution in [2.45, 2.75) is 225 Å². The van der Waals surface area contributed by atoms with E-state index in [0.717, 1.165) is 38.5 Å². The Balaban J connectivity index is 4.43. The van der Waals surface area contributed by atoms with Crippen molar-refractivity contribution in [2.75, 3.05) is 40.9 Å². The summed E-state index contributed by atoms with van der Waals surface area (Å²) in [6.45, 7) is 4.64. The third kappa shape index (κ3) is 41.0. The van der Waals surface area contributed by atoms with Crippen LogP contribution in [-0.4, -0.2) is 68.5 Å². The SMILES string of the molecule is CCCCCCCCCCCCCC/C=C/CC/C=C/C(O)C(COP(=O)([O-])OCC[N+](C)(C)C)NC(=O)CCCCCCCCCCCCCCCCC. The lowest BCUT2D eigenvalue weighted by molar-refractivity contribution is -0.870. The number of likely N-dealkylation sites (N-methyl/N-ethyl adjacent to an activating group) is 1. The first-order valence-electron chi connectivity index (χ1n) is 23.2. The van der Waals surface area contributed by atoms with E-state index in [2.05, 4.69) is 31.3 Å². The first-order valence-corrected chi connectivity index (χ1v) is 24.7. The molecule has 0 aliphatic carbocycles. The monoisotopic (exact) mass is 799 g/mol. The number of allylic oxidation sites excluding steroid dienone is 3. The number of quaternary nitrogens is 1. The van der Waals surface area contributed by atoms with Crippen molar-refractivity contribution in [3.8, 4) is 0 Å². The third-order valence-corrected chi connectivity index (χ3v) is 11.4. The predicted molar refractivity (Wildman–Crippen MR) is 233 cm³/mol. The molecule has 0 heterocycles. The Labute approximate surface area is 341 Å². The van der Waals surface area contributed by atoms with E-state index in [0.29, 0.717) is 17.4 Å². The van der Waals surface area contributed by atoms with Gasteiger partial charge < -0.3 is 28.8 Å². The predicted octanol–water partition coefficient (Wildman–Crippen LogP) is 12.3. The molecule has 9 heteroatoms. The molecule has 0 saturated heterocycles. The van der Waals surface area contributed by atoms with Crippen molar-refractivity contribution in [2.24, 2.45) is 0 Å². The highest BCUT2D eigenvalue weighted by molar-refractivity contribution is 7.45. The number of carbonyl (C=O) groups excluding carboxylic acids is 1. The van der Waals surface area contributed by atoms with Gasteiger partial charge in [0.05, 0.1) is 39.9 Å². The van der Waals surface area contributed by atoms with Crippen LogP contribution in [0, 0.1) is 0 Å². The molecule has 0 aromatic heterocycles. The fourth-order valence-electron chi connectivity index (χ4n) is 6.70. The standard InChI is InChI=1S/C46H91N2O6P/c1-6-8-10-12-14-16-18-20-22-23-24-26-27-29-31-33-35-37-39-45(49)44(43-54-55(51,52)53-42-41-48(3,4)5)47-46(50)40-38-36-34-32-30-28-25-21-19-17-15-13-11-9-7-2/h29,31,37,39,44-45,49H,6-28,30,32-36,38,40-43H2,1-5H3,(H-,47,50,51,52)/b31-29+,39-37+. The summed E-state index contributed by atoms with van der Waals surface area (Å²) in [6.07, 6.45) is 45.1. The Morgan fingerprint density at radius 2 is 1.02 bits per heavy atom. The molecule has 1 amide bonds. The normalized spacial score (nSPS) is 14.5. The van der Waals surface area contributed by atoms with Gasteiger partial charge in [0.15, 0.2) is 0 Å². The summed E-state index contributed by atoms with van der Waals surface area (Å²) in [5, 5.41) is 13.8. The molecule has 0 spiro atoms. The summed E-state index contributed by atoms with van der Waals surface area (Å²) >= 11 is 0. The van der Waals surface area contributed by atoms with E-state index in [1.165, 1.54) is 154 Å². The molecule has 3 unspecified atom stereocenters. The lowest BCUT2D eigenvalue weighted by Crippen LogP contribution is -2.45. The van der Waals surface area contributed by atoms with E-state index in [9.17, 15) is 19.4 Å². The second-order valence-corrected chi connectivity index (χ2v) is 18.5. The van der Waals surface area contributed by atoms with Gasteiger partial charge in [0, 0.05) is 6.42 Å². The zero-order chi connectivity index (χ0) is 40.7.